The second-order valence-electron chi connectivity index (χ2n) is 8.01. The molecule has 0 N–H and O–H groups in total. The Hall–Kier alpha value is -2.67. The molecule has 26 heavy (non-hydrogen) atoms. The molecule has 2 heterocycles. The van der Waals surface area contributed by atoms with Gasteiger partial charge < -0.3 is 19.1 Å². The zero-order valence-electron chi connectivity index (χ0n) is 15.9. The number of carbonyl (C=O) groups excluding carboxylic acids is 1. The van der Waals surface area contributed by atoms with Gasteiger partial charge in [-0.15, -0.1) is 0 Å². The zero-order valence-corrected chi connectivity index (χ0v) is 15.9. The Morgan fingerprint density at radius 2 is 1.92 bits per heavy atom. The van der Waals surface area contributed by atoms with Gasteiger partial charge in [0.25, 0.3) is 0 Å². The molecule has 1 aliphatic rings. The van der Waals surface area contributed by atoms with Gasteiger partial charge in [-0.3, -0.25) is 0 Å². The molecule has 4 nitrogen and oxygen atoms in total. The SMILES string of the molecule is Cc1cc2c(cc1C#Cc1ccc(CC(=O)[O-])o1)CC(C)(C)C(C)(C)O2. The largest absolute Gasteiger partial charge is 0.550 e. The minimum absolute atomic E-state index is 0.0146. The van der Waals surface area contributed by atoms with Gasteiger partial charge in [-0.25, -0.2) is 0 Å². The Balaban J connectivity index is 1.90. The topological polar surface area (TPSA) is 62.5 Å². The van der Waals surface area contributed by atoms with E-state index in [1.54, 1.807) is 12.1 Å². The molecular weight excluding hydrogens is 328 g/mol. The predicted octanol–water partition coefficient (Wildman–Crippen LogP) is 3.02. The van der Waals surface area contributed by atoms with E-state index in [4.69, 9.17) is 9.15 Å². The van der Waals surface area contributed by atoms with Gasteiger partial charge in [0.1, 0.15) is 17.1 Å². The third-order valence-electron chi connectivity index (χ3n) is 5.34. The van der Waals surface area contributed by atoms with Gasteiger partial charge in [0, 0.05) is 23.4 Å². The van der Waals surface area contributed by atoms with Crippen LogP contribution in [0.15, 0.2) is 28.7 Å². The maximum atomic E-state index is 10.6. The molecular formula is C22H23O4-. The molecule has 0 aliphatic carbocycles. The van der Waals surface area contributed by atoms with Gasteiger partial charge in [0.2, 0.25) is 0 Å². The van der Waals surface area contributed by atoms with Crippen molar-refractivity contribution in [3.8, 4) is 17.6 Å². The number of carbonyl (C=O) groups is 1. The first-order valence-electron chi connectivity index (χ1n) is 8.70. The van der Waals surface area contributed by atoms with Crippen LogP contribution in [0.25, 0.3) is 0 Å². The van der Waals surface area contributed by atoms with E-state index in [2.05, 4.69) is 45.6 Å². The van der Waals surface area contributed by atoms with E-state index in [1.807, 2.05) is 13.0 Å². The molecule has 1 aromatic heterocycles. The van der Waals surface area contributed by atoms with Gasteiger partial charge in [-0.1, -0.05) is 19.8 Å². The third kappa shape index (κ3) is 3.48. The van der Waals surface area contributed by atoms with E-state index in [-0.39, 0.29) is 17.4 Å². The highest BCUT2D eigenvalue weighted by atomic mass is 16.5. The van der Waals surface area contributed by atoms with Crippen molar-refractivity contribution in [1.29, 1.82) is 0 Å². The second-order valence-corrected chi connectivity index (χ2v) is 8.01. The van der Waals surface area contributed by atoms with Crippen molar-refractivity contribution < 1.29 is 19.1 Å². The molecule has 0 fully saturated rings. The van der Waals surface area contributed by atoms with Gasteiger partial charge in [-0.05, 0) is 68.5 Å². The van der Waals surface area contributed by atoms with E-state index in [0.717, 1.165) is 28.9 Å². The lowest BCUT2D eigenvalue weighted by Gasteiger charge is -2.46. The van der Waals surface area contributed by atoms with Crippen LogP contribution in [0.3, 0.4) is 0 Å². The maximum absolute atomic E-state index is 10.6. The summed E-state index contributed by atoms with van der Waals surface area (Å²) in [5, 5.41) is 10.6. The number of aryl methyl sites for hydroxylation is 1. The highest BCUT2D eigenvalue weighted by Crippen LogP contribution is 2.45. The van der Waals surface area contributed by atoms with Crippen LogP contribution in [0.5, 0.6) is 5.75 Å². The number of hydrogen-bond acceptors (Lipinski definition) is 4. The normalized spacial score (nSPS) is 16.8. The number of hydrogen-bond donors (Lipinski definition) is 0. The van der Waals surface area contributed by atoms with Gasteiger partial charge in [-0.2, -0.15) is 0 Å². The van der Waals surface area contributed by atoms with Crippen molar-refractivity contribution in [2.45, 2.75) is 53.1 Å². The fourth-order valence-electron chi connectivity index (χ4n) is 3.01. The maximum Gasteiger partial charge on any atom is 0.177 e. The minimum Gasteiger partial charge on any atom is -0.550 e. The zero-order chi connectivity index (χ0) is 19.1. The molecule has 0 saturated heterocycles. The summed E-state index contributed by atoms with van der Waals surface area (Å²) in [5.74, 6) is 6.63. The molecule has 136 valence electrons. The summed E-state index contributed by atoms with van der Waals surface area (Å²) < 4.78 is 11.7. The minimum atomic E-state index is -1.17. The number of carboxylic acid groups (broad SMARTS) is 1. The number of aliphatic carboxylic acids is 1. The summed E-state index contributed by atoms with van der Waals surface area (Å²) in [7, 11) is 0. The average Bonchev–Trinajstić information content (AvgIpc) is 2.93. The van der Waals surface area contributed by atoms with Crippen LogP contribution in [0.2, 0.25) is 0 Å². The number of benzene rings is 1. The van der Waals surface area contributed by atoms with Crippen molar-refractivity contribution in [3.05, 3.63) is 52.5 Å². The highest BCUT2D eigenvalue weighted by Gasteiger charge is 2.43. The van der Waals surface area contributed by atoms with Crippen molar-refractivity contribution in [2.24, 2.45) is 5.41 Å². The Morgan fingerprint density at radius 3 is 2.62 bits per heavy atom. The van der Waals surface area contributed by atoms with E-state index in [1.165, 1.54) is 0 Å². The average molecular weight is 351 g/mol. The molecule has 0 spiro atoms. The van der Waals surface area contributed by atoms with Crippen LogP contribution < -0.4 is 9.84 Å². The van der Waals surface area contributed by atoms with Crippen LogP contribution in [-0.2, 0) is 17.6 Å². The summed E-state index contributed by atoms with van der Waals surface area (Å²) in [5.41, 5.74) is 2.89. The molecule has 0 radical (unpaired) electrons. The quantitative estimate of drug-likeness (QED) is 0.780. The van der Waals surface area contributed by atoms with E-state index in [0.29, 0.717) is 11.5 Å². The molecule has 0 atom stereocenters. The third-order valence-corrected chi connectivity index (χ3v) is 5.34. The number of ether oxygens (including phenoxy) is 1. The standard InChI is InChI=1S/C22H24O4/c1-14-10-19-16(13-21(2,3)22(4,5)26-19)11-15(14)6-7-17-8-9-18(25-17)12-20(23)24/h8-11H,12-13H2,1-5H3,(H,23,24)/p-1. The van der Waals surface area contributed by atoms with Crippen LogP contribution in [0.1, 0.15) is 55.9 Å². The number of carboxylic acids is 1. The fraction of sp³-hybridized carbons (Fsp3) is 0.409. The first kappa shape index (κ1) is 18.1. The van der Waals surface area contributed by atoms with E-state index >= 15 is 0 Å². The summed E-state index contributed by atoms with van der Waals surface area (Å²) in [6, 6.07) is 7.41. The Morgan fingerprint density at radius 1 is 1.19 bits per heavy atom. The van der Waals surface area contributed by atoms with Gasteiger partial charge in [0.05, 0.1) is 0 Å². The summed E-state index contributed by atoms with van der Waals surface area (Å²) >= 11 is 0. The molecule has 0 saturated carbocycles. The summed E-state index contributed by atoms with van der Waals surface area (Å²) in [6.07, 6.45) is 0.669. The lowest BCUT2D eigenvalue weighted by Crippen LogP contribution is -2.48. The first-order valence-corrected chi connectivity index (χ1v) is 8.70. The van der Waals surface area contributed by atoms with Crippen LogP contribution in [0.4, 0.5) is 0 Å². The molecule has 0 unspecified atom stereocenters. The molecule has 1 aromatic carbocycles. The van der Waals surface area contributed by atoms with Crippen molar-refractivity contribution in [2.75, 3.05) is 0 Å². The molecule has 3 rings (SSSR count). The van der Waals surface area contributed by atoms with Crippen LogP contribution >= 0.6 is 0 Å². The van der Waals surface area contributed by atoms with E-state index < -0.39 is 5.97 Å². The second kappa shape index (κ2) is 6.25. The molecule has 0 bridgehead atoms. The molecule has 0 amide bonds. The smallest absolute Gasteiger partial charge is 0.177 e. The fourth-order valence-corrected chi connectivity index (χ4v) is 3.01. The Kier molecular flexibility index (Phi) is 4.36. The lowest BCUT2D eigenvalue weighted by molar-refractivity contribution is -0.305. The van der Waals surface area contributed by atoms with Gasteiger partial charge in [0.15, 0.2) is 5.76 Å². The molecule has 4 heteroatoms. The van der Waals surface area contributed by atoms with E-state index in [9.17, 15) is 9.90 Å². The Bertz CT molecular complexity index is 919. The number of rotatable bonds is 2. The summed E-state index contributed by atoms with van der Waals surface area (Å²) in [6.45, 7) is 10.7. The monoisotopic (exact) mass is 351 g/mol. The first-order chi connectivity index (χ1) is 12.1. The van der Waals surface area contributed by atoms with Crippen LogP contribution in [0, 0.1) is 24.2 Å². The van der Waals surface area contributed by atoms with Gasteiger partial charge >= 0.3 is 0 Å². The van der Waals surface area contributed by atoms with Crippen molar-refractivity contribution >= 4 is 5.97 Å². The summed E-state index contributed by atoms with van der Waals surface area (Å²) in [4.78, 5) is 10.6. The molecule has 1 aliphatic heterocycles. The Labute approximate surface area is 154 Å². The highest BCUT2D eigenvalue weighted by molar-refractivity contribution is 5.67. The van der Waals surface area contributed by atoms with Crippen molar-refractivity contribution in [3.63, 3.8) is 0 Å². The van der Waals surface area contributed by atoms with Crippen molar-refractivity contribution in [1.82, 2.24) is 0 Å². The lowest BCUT2D eigenvalue weighted by atomic mass is 9.70. The molecule has 2 aromatic rings. The number of furan rings is 1. The number of fused-ring (bicyclic) bond motifs is 1. The predicted molar refractivity (Wildman–Crippen MR) is 96.8 cm³/mol. The van der Waals surface area contributed by atoms with Crippen LogP contribution in [-0.4, -0.2) is 11.6 Å².